The van der Waals surface area contributed by atoms with Gasteiger partial charge in [0.15, 0.2) is 0 Å². The molecule has 0 unspecified atom stereocenters. The maximum absolute atomic E-state index is 13.2. The van der Waals surface area contributed by atoms with Gasteiger partial charge in [0.05, 0.1) is 22.5 Å². The minimum atomic E-state index is -1.06. The first kappa shape index (κ1) is 28.6. The number of carboxylic acids is 1. The smallest absolute Gasteiger partial charge is 0.336 e. The molecule has 0 radical (unpaired) electrons. The van der Waals surface area contributed by atoms with Crippen LogP contribution in [0.1, 0.15) is 44.3 Å². The Morgan fingerprint density at radius 2 is 1.62 bits per heavy atom. The van der Waals surface area contributed by atoms with Gasteiger partial charge < -0.3 is 26.0 Å². The number of benzene rings is 3. The van der Waals surface area contributed by atoms with Gasteiger partial charge in [0.2, 0.25) is 5.91 Å². The van der Waals surface area contributed by atoms with Gasteiger partial charge in [-0.15, -0.1) is 0 Å². The molecule has 10 nitrogen and oxygen atoms in total. The van der Waals surface area contributed by atoms with Crippen molar-refractivity contribution in [3.05, 3.63) is 94.5 Å². The number of fused-ring (bicyclic) bond motifs is 1. The van der Waals surface area contributed by atoms with Crippen molar-refractivity contribution < 1.29 is 24.3 Å². The van der Waals surface area contributed by atoms with Crippen molar-refractivity contribution in [2.24, 2.45) is 0 Å². The number of carboxylic acid groups (broad SMARTS) is 1. The Labute approximate surface area is 244 Å². The maximum atomic E-state index is 13.2. The number of aryl methyl sites for hydroxylation is 1. The van der Waals surface area contributed by atoms with E-state index in [1.54, 1.807) is 44.2 Å². The molecule has 1 fully saturated rings. The van der Waals surface area contributed by atoms with Gasteiger partial charge in [0.25, 0.3) is 11.8 Å². The van der Waals surface area contributed by atoms with Gasteiger partial charge in [-0.05, 0) is 54.4 Å². The van der Waals surface area contributed by atoms with E-state index in [0.29, 0.717) is 65.5 Å². The van der Waals surface area contributed by atoms with Crippen molar-refractivity contribution >= 4 is 46.3 Å². The Balaban J connectivity index is 1.31. The summed E-state index contributed by atoms with van der Waals surface area (Å²) in [6.45, 7) is 7.49. The summed E-state index contributed by atoms with van der Waals surface area (Å²) in [6.07, 6.45) is 0. The number of nitrogens with one attached hydrogen (secondary N) is 3. The molecule has 2 aliphatic heterocycles. The minimum Gasteiger partial charge on any atom is -0.478 e. The van der Waals surface area contributed by atoms with E-state index in [-0.39, 0.29) is 23.3 Å². The van der Waals surface area contributed by atoms with Gasteiger partial charge in [0.1, 0.15) is 0 Å². The molecule has 1 saturated heterocycles. The number of hydrogen-bond acceptors (Lipinski definition) is 6. The van der Waals surface area contributed by atoms with Crippen LogP contribution in [0.4, 0.5) is 11.4 Å². The Hall–Kier alpha value is -4.96. The molecule has 0 aromatic heterocycles. The highest BCUT2D eigenvalue weighted by molar-refractivity contribution is 6.37. The van der Waals surface area contributed by atoms with E-state index in [9.17, 15) is 24.3 Å². The number of piperazine rings is 1. The monoisotopic (exact) mass is 567 g/mol. The molecule has 4 N–H and O–H groups in total. The number of nitrogens with zero attached hydrogens (tertiary/aromatic N) is 2. The third-order valence-corrected chi connectivity index (χ3v) is 7.60. The fourth-order valence-corrected chi connectivity index (χ4v) is 5.25. The van der Waals surface area contributed by atoms with Crippen LogP contribution in [0.3, 0.4) is 0 Å². The topological polar surface area (TPSA) is 131 Å². The van der Waals surface area contributed by atoms with Crippen LogP contribution in [-0.2, 0) is 9.59 Å². The largest absolute Gasteiger partial charge is 0.478 e. The molecule has 10 heteroatoms. The molecule has 0 bridgehead atoms. The normalized spacial score (nSPS) is 16.0. The summed E-state index contributed by atoms with van der Waals surface area (Å²) in [5, 5.41) is 18.7. The number of carbonyl (C=O) groups is 4. The molecule has 42 heavy (non-hydrogen) atoms. The average molecular weight is 568 g/mol. The first-order chi connectivity index (χ1) is 20.2. The second-order valence-corrected chi connectivity index (χ2v) is 10.4. The van der Waals surface area contributed by atoms with E-state index in [0.717, 1.165) is 18.7 Å². The Morgan fingerprint density at radius 3 is 2.26 bits per heavy atom. The van der Waals surface area contributed by atoms with Gasteiger partial charge in [-0.2, -0.15) is 0 Å². The molecule has 216 valence electrons. The quantitative estimate of drug-likeness (QED) is 0.307. The number of amides is 3. The third-order valence-electron chi connectivity index (χ3n) is 7.60. The Bertz CT molecular complexity index is 1560. The highest BCUT2D eigenvalue weighted by Gasteiger charge is 2.30. The first-order valence-electron chi connectivity index (χ1n) is 13.8. The molecule has 3 aromatic rings. The second kappa shape index (κ2) is 12.3. The van der Waals surface area contributed by atoms with E-state index >= 15 is 0 Å². The van der Waals surface area contributed by atoms with Gasteiger partial charge in [-0.1, -0.05) is 30.3 Å². The lowest BCUT2D eigenvalue weighted by molar-refractivity contribution is -0.130. The van der Waals surface area contributed by atoms with E-state index in [4.69, 9.17) is 0 Å². The minimum absolute atomic E-state index is 0.0914. The molecular weight excluding hydrogens is 534 g/mol. The van der Waals surface area contributed by atoms with Gasteiger partial charge in [-0.25, -0.2) is 4.79 Å². The molecule has 2 heterocycles. The van der Waals surface area contributed by atoms with Crippen LogP contribution < -0.4 is 16.0 Å². The van der Waals surface area contributed by atoms with Crippen molar-refractivity contribution in [1.82, 2.24) is 15.1 Å². The van der Waals surface area contributed by atoms with Crippen LogP contribution in [0.15, 0.2) is 66.7 Å². The molecule has 5 rings (SSSR count). The van der Waals surface area contributed by atoms with E-state index in [1.807, 2.05) is 35.2 Å². The van der Waals surface area contributed by atoms with Crippen LogP contribution in [0.25, 0.3) is 11.3 Å². The molecule has 0 atom stereocenters. The lowest BCUT2D eigenvalue weighted by Gasteiger charge is -2.34. The first-order valence-corrected chi connectivity index (χ1v) is 13.8. The van der Waals surface area contributed by atoms with E-state index in [1.165, 1.54) is 6.07 Å². The molecule has 2 aliphatic rings. The molecule has 0 saturated carbocycles. The zero-order valence-electron chi connectivity index (χ0n) is 23.6. The van der Waals surface area contributed by atoms with Gasteiger partial charge in [-0.3, -0.25) is 19.3 Å². The van der Waals surface area contributed by atoms with E-state index < -0.39 is 5.97 Å². The van der Waals surface area contributed by atoms with Crippen molar-refractivity contribution in [1.29, 1.82) is 0 Å². The van der Waals surface area contributed by atoms with Crippen LogP contribution in [0.5, 0.6) is 0 Å². The Morgan fingerprint density at radius 1 is 0.929 bits per heavy atom. The van der Waals surface area contributed by atoms with Gasteiger partial charge in [0, 0.05) is 63.0 Å². The van der Waals surface area contributed by atoms with Crippen molar-refractivity contribution in [2.75, 3.05) is 49.9 Å². The molecular formula is C32H33N5O5. The number of hydrogen-bond donors (Lipinski definition) is 4. The predicted octanol–water partition coefficient (Wildman–Crippen LogP) is 3.52. The zero-order valence-corrected chi connectivity index (χ0v) is 23.6. The summed E-state index contributed by atoms with van der Waals surface area (Å²) in [7, 11) is 0. The number of carbonyl (C=O) groups excluding carboxylic acids is 3. The summed E-state index contributed by atoms with van der Waals surface area (Å²) in [5.41, 5.74) is 4.69. The number of rotatable bonds is 8. The highest BCUT2D eigenvalue weighted by atomic mass is 16.4. The van der Waals surface area contributed by atoms with Crippen LogP contribution in [-0.4, -0.2) is 77.9 Å². The van der Waals surface area contributed by atoms with Gasteiger partial charge >= 0.3 is 5.97 Å². The van der Waals surface area contributed by atoms with Crippen LogP contribution in [0.2, 0.25) is 0 Å². The summed E-state index contributed by atoms with van der Waals surface area (Å²) in [6, 6.07) is 19.6. The fourth-order valence-electron chi connectivity index (χ4n) is 5.25. The lowest BCUT2D eigenvalue weighted by Crippen LogP contribution is -2.49. The summed E-state index contributed by atoms with van der Waals surface area (Å²) >= 11 is 0. The number of anilines is 2. The average Bonchev–Trinajstić information content (AvgIpc) is 3.30. The van der Waals surface area contributed by atoms with E-state index in [2.05, 4.69) is 20.9 Å². The Kier molecular flexibility index (Phi) is 8.35. The zero-order chi connectivity index (χ0) is 29.8. The SMILES string of the molecule is CC(=O)N1CCN(CCNC(=O)c2ccc(N/C(=C3/C(=O)Nc4cc(C(=O)O)c(C)cc43)c3ccccc3)cc2)CC1. The van der Waals surface area contributed by atoms with Crippen molar-refractivity contribution in [3.8, 4) is 0 Å². The van der Waals surface area contributed by atoms with Crippen LogP contribution in [0, 0.1) is 6.92 Å². The molecule has 3 aromatic carbocycles. The summed E-state index contributed by atoms with van der Waals surface area (Å²) < 4.78 is 0. The summed E-state index contributed by atoms with van der Waals surface area (Å²) in [4.78, 5) is 53.2. The second-order valence-electron chi connectivity index (χ2n) is 10.4. The fraction of sp³-hybridized carbons (Fsp3) is 0.250. The number of aromatic carboxylic acids is 1. The molecule has 0 aliphatic carbocycles. The van der Waals surface area contributed by atoms with Crippen molar-refractivity contribution in [2.45, 2.75) is 13.8 Å². The van der Waals surface area contributed by atoms with Crippen LogP contribution >= 0.6 is 0 Å². The third kappa shape index (κ3) is 6.18. The standard InChI is InChI=1S/C32H33N5O5/c1-20-18-26-27(19-25(20)32(41)42)35-31(40)28(26)29(22-6-4-3-5-7-22)34-24-10-8-23(9-11-24)30(39)33-12-13-36-14-16-37(17-15-36)21(2)38/h3-11,18-19,34H,12-17H2,1-2H3,(H,33,39)(H,35,40)(H,41,42)/b29-28+. The molecule has 3 amide bonds. The summed E-state index contributed by atoms with van der Waals surface area (Å²) in [5.74, 6) is -1.48. The highest BCUT2D eigenvalue weighted by Crippen LogP contribution is 2.39. The maximum Gasteiger partial charge on any atom is 0.336 e. The molecule has 0 spiro atoms. The predicted molar refractivity (Wildman–Crippen MR) is 161 cm³/mol. The lowest BCUT2D eigenvalue weighted by atomic mass is 9.96. The van der Waals surface area contributed by atoms with Crippen molar-refractivity contribution in [3.63, 3.8) is 0 Å².